The first-order valence-corrected chi connectivity index (χ1v) is 14.4. The molecule has 4 aliphatic rings. The lowest BCUT2D eigenvalue weighted by molar-refractivity contribution is -0.176. The van der Waals surface area contributed by atoms with Gasteiger partial charge in [0.2, 0.25) is 0 Å². The van der Waals surface area contributed by atoms with Crippen LogP contribution in [0, 0.1) is 12.3 Å². The Hall–Kier alpha value is -3.75. The molecule has 8 rings (SSSR count). The second-order valence-electron chi connectivity index (χ2n) is 12.3. The maximum Gasteiger partial charge on any atom is 0.253 e. The molecule has 8 nitrogen and oxygen atoms in total. The minimum Gasteiger partial charge on any atom is -0.380 e. The lowest BCUT2D eigenvalue weighted by Crippen LogP contribution is -2.67. The predicted molar refractivity (Wildman–Crippen MR) is 156 cm³/mol. The highest BCUT2D eigenvalue weighted by Gasteiger charge is 2.50. The Kier molecular flexibility index (Phi) is 5.34. The Balaban J connectivity index is 1.07. The van der Waals surface area contributed by atoms with Gasteiger partial charge in [0.15, 0.2) is 5.65 Å². The van der Waals surface area contributed by atoms with Crippen molar-refractivity contribution in [3.05, 3.63) is 65.5 Å². The van der Waals surface area contributed by atoms with Gasteiger partial charge >= 0.3 is 0 Å². The van der Waals surface area contributed by atoms with Gasteiger partial charge in [-0.15, -0.1) is 0 Å². The molecule has 204 valence electrons. The summed E-state index contributed by atoms with van der Waals surface area (Å²) in [6.45, 7) is 8.73. The fraction of sp³-hybridized carbons (Fsp3) is 0.406. The van der Waals surface area contributed by atoms with E-state index >= 15 is 0 Å². The first kappa shape index (κ1) is 24.1. The van der Waals surface area contributed by atoms with E-state index in [0.717, 1.165) is 91.5 Å². The maximum atomic E-state index is 12.9. The molecule has 6 heterocycles. The number of hydrogen-bond donors (Lipinski definition) is 1. The van der Waals surface area contributed by atoms with Crippen molar-refractivity contribution in [2.45, 2.75) is 25.8 Å². The number of nitrogens with one attached hydrogen (secondary N) is 1. The third kappa shape index (κ3) is 3.77. The molecule has 0 aliphatic carbocycles. The lowest BCUT2D eigenvalue weighted by atomic mass is 9.78. The molecule has 3 fully saturated rings. The molecule has 4 aliphatic heterocycles. The highest BCUT2D eigenvalue weighted by molar-refractivity contribution is 5.97. The van der Waals surface area contributed by atoms with Crippen LogP contribution in [0.25, 0.3) is 33.5 Å². The SMILES string of the molecule is Cc1cc(-c2cnc3[nH]cc(-c4ccc(C(=O)N5CC6(COC6)C5)cc4)c3n2)cc2c1N1CCN(C)C[C@H]1CC2. The zero-order chi connectivity index (χ0) is 27.0. The minimum absolute atomic E-state index is 0.0933. The van der Waals surface area contributed by atoms with E-state index in [0.29, 0.717) is 6.04 Å². The molecule has 8 heteroatoms. The van der Waals surface area contributed by atoms with E-state index in [1.165, 1.54) is 23.2 Å². The monoisotopic (exact) mass is 534 g/mol. The summed E-state index contributed by atoms with van der Waals surface area (Å²) < 4.78 is 5.34. The van der Waals surface area contributed by atoms with Crippen molar-refractivity contribution in [2.24, 2.45) is 5.41 Å². The second-order valence-corrected chi connectivity index (χ2v) is 12.3. The summed E-state index contributed by atoms with van der Waals surface area (Å²) in [6, 6.07) is 13.1. The first-order chi connectivity index (χ1) is 19.5. The van der Waals surface area contributed by atoms with E-state index in [4.69, 9.17) is 14.7 Å². The topological polar surface area (TPSA) is 77.6 Å². The summed E-state index contributed by atoms with van der Waals surface area (Å²) in [5.74, 6) is 0.0933. The van der Waals surface area contributed by atoms with E-state index in [9.17, 15) is 4.79 Å². The number of likely N-dealkylation sites (tertiary alicyclic amines) is 1. The number of benzene rings is 2. The number of piperazine rings is 1. The van der Waals surface area contributed by atoms with Crippen LogP contribution in [0.15, 0.2) is 48.8 Å². The van der Waals surface area contributed by atoms with Gasteiger partial charge in [0.1, 0.15) is 5.52 Å². The number of anilines is 1. The highest BCUT2D eigenvalue weighted by atomic mass is 16.5. The van der Waals surface area contributed by atoms with E-state index in [1.807, 2.05) is 41.6 Å². The number of likely N-dealkylation sites (N-methyl/N-ethyl adjacent to an activating group) is 1. The summed E-state index contributed by atoms with van der Waals surface area (Å²) in [4.78, 5) is 33.1. The number of ether oxygens (including phenoxy) is 1. The Morgan fingerprint density at radius 3 is 2.70 bits per heavy atom. The Bertz CT molecular complexity index is 1630. The number of carbonyl (C=O) groups is 1. The average molecular weight is 535 g/mol. The van der Waals surface area contributed by atoms with Crippen LogP contribution < -0.4 is 4.90 Å². The number of aryl methyl sites for hydroxylation is 2. The van der Waals surface area contributed by atoms with Crippen LogP contribution in [0.5, 0.6) is 0 Å². The van der Waals surface area contributed by atoms with E-state index in [2.05, 4.69) is 40.9 Å². The molecular formula is C32H34N6O2. The van der Waals surface area contributed by atoms with Crippen molar-refractivity contribution >= 4 is 22.8 Å². The van der Waals surface area contributed by atoms with Gasteiger partial charge in [0.25, 0.3) is 5.91 Å². The van der Waals surface area contributed by atoms with Crippen molar-refractivity contribution in [2.75, 3.05) is 57.9 Å². The van der Waals surface area contributed by atoms with Gasteiger partial charge in [-0.05, 0) is 67.8 Å². The fourth-order valence-corrected chi connectivity index (χ4v) is 7.18. The summed E-state index contributed by atoms with van der Waals surface area (Å²) in [5.41, 5.74) is 10.7. The van der Waals surface area contributed by atoms with Crippen molar-refractivity contribution in [3.63, 3.8) is 0 Å². The number of aromatic amines is 1. The number of amides is 1. The van der Waals surface area contributed by atoms with Gasteiger partial charge in [-0.3, -0.25) is 4.79 Å². The summed E-state index contributed by atoms with van der Waals surface area (Å²) in [5, 5.41) is 0. The normalized spacial score (nSPS) is 21.6. The predicted octanol–water partition coefficient (Wildman–Crippen LogP) is 4.14. The molecule has 1 atom stereocenters. The molecular weight excluding hydrogens is 500 g/mol. The third-order valence-corrected chi connectivity index (χ3v) is 9.38. The number of hydrogen-bond acceptors (Lipinski definition) is 6. The zero-order valence-electron chi connectivity index (χ0n) is 23.1. The Morgan fingerprint density at radius 1 is 1.10 bits per heavy atom. The molecule has 1 spiro atoms. The van der Waals surface area contributed by atoms with Crippen LogP contribution in [0.1, 0.15) is 27.9 Å². The molecule has 1 amide bonds. The van der Waals surface area contributed by atoms with Crippen LogP contribution in [-0.2, 0) is 11.2 Å². The molecule has 2 aromatic heterocycles. The van der Waals surface area contributed by atoms with Crippen molar-refractivity contribution in [3.8, 4) is 22.4 Å². The van der Waals surface area contributed by atoms with Gasteiger partial charge in [0, 0.05) is 67.3 Å². The smallest absolute Gasteiger partial charge is 0.253 e. The maximum absolute atomic E-state index is 12.9. The molecule has 3 saturated heterocycles. The quantitative estimate of drug-likeness (QED) is 0.426. The molecule has 0 unspecified atom stereocenters. The van der Waals surface area contributed by atoms with Gasteiger partial charge in [-0.2, -0.15) is 0 Å². The fourth-order valence-electron chi connectivity index (χ4n) is 7.18. The molecule has 40 heavy (non-hydrogen) atoms. The molecule has 0 saturated carbocycles. The highest BCUT2D eigenvalue weighted by Crippen LogP contribution is 2.40. The Morgan fingerprint density at radius 2 is 1.93 bits per heavy atom. The van der Waals surface area contributed by atoms with E-state index in [-0.39, 0.29) is 11.3 Å². The summed E-state index contributed by atoms with van der Waals surface area (Å²) in [7, 11) is 2.23. The van der Waals surface area contributed by atoms with Crippen LogP contribution >= 0.6 is 0 Å². The molecule has 2 aromatic carbocycles. The molecule has 0 radical (unpaired) electrons. The van der Waals surface area contributed by atoms with Crippen molar-refractivity contribution in [1.82, 2.24) is 24.8 Å². The summed E-state index contributed by atoms with van der Waals surface area (Å²) in [6.07, 6.45) is 6.13. The zero-order valence-corrected chi connectivity index (χ0v) is 23.1. The first-order valence-electron chi connectivity index (χ1n) is 14.4. The molecule has 4 aromatic rings. The van der Waals surface area contributed by atoms with Crippen LogP contribution in [0.3, 0.4) is 0 Å². The van der Waals surface area contributed by atoms with Crippen LogP contribution in [0.2, 0.25) is 0 Å². The number of fused-ring (bicyclic) bond motifs is 4. The van der Waals surface area contributed by atoms with Gasteiger partial charge in [0.05, 0.1) is 30.5 Å². The summed E-state index contributed by atoms with van der Waals surface area (Å²) >= 11 is 0. The van der Waals surface area contributed by atoms with Crippen LogP contribution in [0.4, 0.5) is 5.69 Å². The lowest BCUT2D eigenvalue weighted by Gasteiger charge is -2.54. The standard InChI is InChI=1S/C32H34N6O2/c1-20-11-24(12-23-7-8-25-15-36(2)9-10-38(25)29(20)23)27-14-34-30-28(35-27)26(13-33-30)21-3-5-22(6-4-21)31(39)37-16-32(17-37)18-40-19-32/h3-6,11-14,25H,7-10,15-19H2,1-2H3,(H,33,34)/t25-/m1/s1. The van der Waals surface area contributed by atoms with Crippen molar-refractivity contribution in [1.29, 1.82) is 0 Å². The molecule has 1 N–H and O–H groups in total. The number of aromatic nitrogens is 3. The van der Waals surface area contributed by atoms with Gasteiger partial charge in [-0.25, -0.2) is 9.97 Å². The van der Waals surface area contributed by atoms with Crippen LogP contribution in [-0.4, -0.2) is 89.7 Å². The average Bonchev–Trinajstić information content (AvgIpc) is 3.34. The minimum atomic E-state index is 0.0933. The number of H-pyrrole nitrogens is 1. The van der Waals surface area contributed by atoms with E-state index < -0.39 is 0 Å². The number of nitrogens with zero attached hydrogens (tertiary/aromatic N) is 5. The molecule has 0 bridgehead atoms. The number of rotatable bonds is 3. The third-order valence-electron chi connectivity index (χ3n) is 9.38. The largest absolute Gasteiger partial charge is 0.380 e. The van der Waals surface area contributed by atoms with Crippen molar-refractivity contribution < 1.29 is 9.53 Å². The second kappa shape index (κ2) is 8.88. The van der Waals surface area contributed by atoms with Gasteiger partial charge < -0.3 is 24.4 Å². The Labute approximate surface area is 234 Å². The van der Waals surface area contributed by atoms with E-state index in [1.54, 1.807) is 0 Å². The number of carbonyl (C=O) groups excluding carboxylic acids is 1. The van der Waals surface area contributed by atoms with Gasteiger partial charge in [-0.1, -0.05) is 12.1 Å².